The zero-order chi connectivity index (χ0) is 11.9. The van der Waals surface area contributed by atoms with Gasteiger partial charge in [0, 0.05) is 20.3 Å². The van der Waals surface area contributed by atoms with Crippen molar-refractivity contribution in [3.63, 3.8) is 0 Å². The van der Waals surface area contributed by atoms with Crippen molar-refractivity contribution in [3.8, 4) is 0 Å². The van der Waals surface area contributed by atoms with Gasteiger partial charge in [-0.3, -0.25) is 4.79 Å². The van der Waals surface area contributed by atoms with E-state index in [9.17, 15) is 4.79 Å². The molecule has 1 fully saturated rings. The Morgan fingerprint density at radius 2 is 2.19 bits per heavy atom. The molecule has 94 valence electrons. The van der Waals surface area contributed by atoms with Gasteiger partial charge in [0.25, 0.3) is 0 Å². The summed E-state index contributed by atoms with van der Waals surface area (Å²) in [5.74, 6) is -0.0969. The summed E-state index contributed by atoms with van der Waals surface area (Å²) < 4.78 is 9.89. The van der Waals surface area contributed by atoms with Crippen LogP contribution in [-0.4, -0.2) is 51.1 Å². The van der Waals surface area contributed by atoms with Crippen molar-refractivity contribution in [3.05, 3.63) is 0 Å². The maximum atomic E-state index is 11.3. The van der Waals surface area contributed by atoms with Gasteiger partial charge in [0.05, 0.1) is 13.2 Å². The molecule has 0 heterocycles. The molecule has 1 aliphatic rings. The summed E-state index contributed by atoms with van der Waals surface area (Å²) in [5, 5.41) is 11.7. The highest BCUT2D eigenvalue weighted by molar-refractivity contribution is 5.77. The first-order valence-corrected chi connectivity index (χ1v) is 5.67. The Balaban J connectivity index is 2.02. The molecule has 0 aromatic carbocycles. The molecule has 0 saturated heterocycles. The van der Waals surface area contributed by atoms with Crippen LogP contribution >= 0.6 is 0 Å². The van der Waals surface area contributed by atoms with Gasteiger partial charge in [-0.05, 0) is 24.7 Å². The Labute approximate surface area is 96.1 Å². The predicted octanol–water partition coefficient (Wildman–Crippen LogP) is -0.0718. The minimum Gasteiger partial charge on any atom is -0.396 e. The normalized spacial score (nSPS) is 17.1. The summed E-state index contributed by atoms with van der Waals surface area (Å²) >= 11 is 0. The van der Waals surface area contributed by atoms with Crippen LogP contribution in [0.25, 0.3) is 0 Å². The van der Waals surface area contributed by atoms with Crippen LogP contribution in [0.4, 0.5) is 0 Å². The van der Waals surface area contributed by atoms with Crippen LogP contribution in [0.3, 0.4) is 0 Å². The lowest BCUT2D eigenvalue weighted by atomic mass is 10.0. The van der Waals surface area contributed by atoms with E-state index in [1.54, 1.807) is 7.11 Å². The Kier molecular flexibility index (Phi) is 5.73. The third kappa shape index (κ3) is 4.92. The van der Waals surface area contributed by atoms with E-state index in [4.69, 9.17) is 14.6 Å². The Hall–Kier alpha value is -0.650. The number of carbonyl (C=O) groups is 1. The minimum absolute atomic E-state index is 0.0819. The van der Waals surface area contributed by atoms with Crippen molar-refractivity contribution in [1.29, 1.82) is 0 Å². The number of amides is 1. The van der Waals surface area contributed by atoms with Gasteiger partial charge in [0.2, 0.25) is 5.91 Å². The standard InChI is InChI=1S/C11H21NO4/c1-15-6-7-16-8-10(14)12-9-11(2-3-11)4-5-13/h13H,2-9H2,1H3,(H,12,14). The molecule has 16 heavy (non-hydrogen) atoms. The number of nitrogens with one attached hydrogen (secondary N) is 1. The molecule has 0 radical (unpaired) electrons. The molecule has 1 rings (SSSR count). The summed E-state index contributed by atoms with van der Waals surface area (Å²) in [6.45, 7) is 1.87. The number of ether oxygens (including phenoxy) is 2. The molecule has 0 spiro atoms. The van der Waals surface area contributed by atoms with Crippen LogP contribution in [-0.2, 0) is 14.3 Å². The number of carbonyl (C=O) groups excluding carboxylic acids is 1. The SMILES string of the molecule is COCCOCC(=O)NCC1(CCO)CC1. The van der Waals surface area contributed by atoms with Gasteiger partial charge in [0.1, 0.15) is 6.61 Å². The average molecular weight is 231 g/mol. The first-order valence-electron chi connectivity index (χ1n) is 5.67. The molecule has 5 nitrogen and oxygen atoms in total. The molecular weight excluding hydrogens is 210 g/mol. The van der Waals surface area contributed by atoms with Crippen molar-refractivity contribution < 1.29 is 19.4 Å². The van der Waals surface area contributed by atoms with Gasteiger partial charge in [0.15, 0.2) is 0 Å². The molecule has 0 aromatic heterocycles. The largest absolute Gasteiger partial charge is 0.396 e. The first-order chi connectivity index (χ1) is 7.72. The molecule has 0 unspecified atom stereocenters. The quantitative estimate of drug-likeness (QED) is 0.545. The summed E-state index contributed by atoms with van der Waals surface area (Å²) in [4.78, 5) is 11.3. The third-order valence-electron chi connectivity index (χ3n) is 2.92. The summed E-state index contributed by atoms with van der Waals surface area (Å²) in [6.07, 6.45) is 2.97. The molecule has 1 aliphatic carbocycles. The smallest absolute Gasteiger partial charge is 0.246 e. The molecule has 5 heteroatoms. The first kappa shape index (κ1) is 13.4. The van der Waals surface area contributed by atoms with E-state index < -0.39 is 0 Å². The Bertz CT molecular complexity index is 216. The van der Waals surface area contributed by atoms with Crippen LogP contribution in [0.15, 0.2) is 0 Å². The number of methoxy groups -OCH3 is 1. The number of hydrogen-bond acceptors (Lipinski definition) is 4. The van der Waals surface area contributed by atoms with Gasteiger partial charge in [-0.15, -0.1) is 0 Å². The van der Waals surface area contributed by atoms with Crippen molar-refractivity contribution in [2.75, 3.05) is 40.1 Å². The molecule has 2 N–H and O–H groups in total. The second-order valence-electron chi connectivity index (χ2n) is 4.30. The van der Waals surface area contributed by atoms with Crippen LogP contribution in [0, 0.1) is 5.41 Å². The summed E-state index contributed by atoms with van der Waals surface area (Å²) in [6, 6.07) is 0. The van der Waals surface area contributed by atoms with Crippen molar-refractivity contribution in [2.45, 2.75) is 19.3 Å². The van der Waals surface area contributed by atoms with Crippen molar-refractivity contribution in [2.24, 2.45) is 5.41 Å². The van der Waals surface area contributed by atoms with Crippen molar-refractivity contribution in [1.82, 2.24) is 5.32 Å². The summed E-state index contributed by atoms with van der Waals surface area (Å²) in [7, 11) is 1.59. The van der Waals surface area contributed by atoms with E-state index in [0.717, 1.165) is 19.3 Å². The highest BCUT2D eigenvalue weighted by Gasteiger charge is 2.41. The van der Waals surface area contributed by atoms with E-state index in [2.05, 4.69) is 5.32 Å². The van der Waals surface area contributed by atoms with E-state index in [1.165, 1.54) is 0 Å². The van der Waals surface area contributed by atoms with E-state index in [0.29, 0.717) is 19.8 Å². The second-order valence-corrected chi connectivity index (χ2v) is 4.30. The number of rotatable bonds is 9. The van der Waals surface area contributed by atoms with Gasteiger partial charge in [-0.25, -0.2) is 0 Å². The maximum Gasteiger partial charge on any atom is 0.246 e. The third-order valence-corrected chi connectivity index (χ3v) is 2.92. The fourth-order valence-electron chi connectivity index (χ4n) is 1.57. The maximum absolute atomic E-state index is 11.3. The lowest BCUT2D eigenvalue weighted by molar-refractivity contribution is -0.126. The number of aliphatic hydroxyl groups excluding tert-OH is 1. The van der Waals surface area contributed by atoms with E-state index in [-0.39, 0.29) is 24.5 Å². The number of hydrogen-bond donors (Lipinski definition) is 2. The molecule has 0 atom stereocenters. The lowest BCUT2D eigenvalue weighted by Crippen LogP contribution is -2.33. The zero-order valence-corrected chi connectivity index (χ0v) is 9.83. The highest BCUT2D eigenvalue weighted by Crippen LogP contribution is 2.47. The van der Waals surface area contributed by atoms with Gasteiger partial charge in [-0.2, -0.15) is 0 Å². The Morgan fingerprint density at radius 1 is 1.44 bits per heavy atom. The zero-order valence-electron chi connectivity index (χ0n) is 9.83. The topological polar surface area (TPSA) is 67.8 Å². The van der Waals surface area contributed by atoms with Gasteiger partial charge in [-0.1, -0.05) is 0 Å². The van der Waals surface area contributed by atoms with Crippen molar-refractivity contribution >= 4 is 5.91 Å². The second kappa shape index (κ2) is 6.83. The molecule has 0 aliphatic heterocycles. The predicted molar refractivity (Wildman–Crippen MR) is 59.1 cm³/mol. The van der Waals surface area contributed by atoms with Gasteiger partial charge < -0.3 is 19.9 Å². The molecule has 1 amide bonds. The lowest BCUT2D eigenvalue weighted by Gasteiger charge is -2.14. The van der Waals surface area contributed by atoms with Crippen LogP contribution in [0.1, 0.15) is 19.3 Å². The molecule has 0 aromatic rings. The average Bonchev–Trinajstić information content (AvgIpc) is 3.03. The fraction of sp³-hybridized carbons (Fsp3) is 0.909. The Morgan fingerprint density at radius 3 is 2.75 bits per heavy atom. The molecule has 0 bridgehead atoms. The summed E-state index contributed by atoms with van der Waals surface area (Å²) in [5.41, 5.74) is 0.164. The van der Waals surface area contributed by atoms with Crippen LogP contribution in [0.2, 0.25) is 0 Å². The van der Waals surface area contributed by atoms with Gasteiger partial charge >= 0.3 is 0 Å². The highest BCUT2D eigenvalue weighted by atomic mass is 16.5. The monoisotopic (exact) mass is 231 g/mol. The van der Waals surface area contributed by atoms with E-state index in [1.807, 2.05) is 0 Å². The van der Waals surface area contributed by atoms with Crippen LogP contribution < -0.4 is 5.32 Å². The van der Waals surface area contributed by atoms with Crippen LogP contribution in [0.5, 0.6) is 0 Å². The van der Waals surface area contributed by atoms with E-state index >= 15 is 0 Å². The molecular formula is C11H21NO4. The fourth-order valence-corrected chi connectivity index (χ4v) is 1.57. The minimum atomic E-state index is -0.0969. The molecule has 1 saturated carbocycles. The number of aliphatic hydroxyl groups is 1.